The third-order valence-electron chi connectivity index (χ3n) is 7.75. The van der Waals surface area contributed by atoms with Crippen LogP contribution in [0.15, 0.2) is 41.3 Å². The van der Waals surface area contributed by atoms with Gasteiger partial charge < -0.3 is 20.1 Å². The third kappa shape index (κ3) is 5.14. The molecule has 9 heteroatoms. The molecule has 3 fully saturated rings. The highest BCUT2D eigenvalue weighted by atomic mass is 32.2. The minimum absolute atomic E-state index is 0.0156. The van der Waals surface area contributed by atoms with E-state index >= 15 is 0 Å². The Balaban J connectivity index is 1.45. The molecule has 0 atom stereocenters. The van der Waals surface area contributed by atoms with Crippen LogP contribution in [0.5, 0.6) is 0 Å². The first kappa shape index (κ1) is 25.2. The summed E-state index contributed by atoms with van der Waals surface area (Å²) in [5, 5.41) is 13.1. The molecule has 2 saturated heterocycles. The molecule has 3 aliphatic rings. The summed E-state index contributed by atoms with van der Waals surface area (Å²) < 4.78 is 31.8. The van der Waals surface area contributed by atoms with Gasteiger partial charge in [-0.15, -0.1) is 0 Å². The molecule has 1 aromatic heterocycles. The number of pyridine rings is 1. The van der Waals surface area contributed by atoms with Crippen molar-refractivity contribution in [2.75, 3.05) is 42.3 Å². The minimum atomic E-state index is -3.55. The molecular weight excluding hydrogens is 478 g/mol. The Morgan fingerprint density at radius 1 is 1.14 bits per heavy atom. The molecule has 2 aliphatic heterocycles. The smallest absolute Gasteiger partial charge is 0.258 e. The van der Waals surface area contributed by atoms with Gasteiger partial charge in [-0.1, -0.05) is 13.0 Å². The van der Waals surface area contributed by atoms with Gasteiger partial charge in [0, 0.05) is 18.5 Å². The van der Waals surface area contributed by atoms with E-state index < -0.39 is 15.4 Å². The molecule has 1 amide bonds. The number of aromatic nitrogens is 1. The zero-order chi connectivity index (χ0) is 25.8. The SMILES string of the molecule is CC1(CS(=O)(=O)c2ccc(C(=O)Nc3cccc(C(C)(C)O)n3)c(N3CCC4(CC3)CC4)c2)COC1. The van der Waals surface area contributed by atoms with Crippen LogP contribution in [-0.2, 0) is 20.2 Å². The summed E-state index contributed by atoms with van der Waals surface area (Å²) in [5.74, 6) is -0.0157. The second-order valence-electron chi connectivity index (χ2n) is 11.6. The van der Waals surface area contributed by atoms with E-state index in [9.17, 15) is 18.3 Å². The number of nitrogens with zero attached hydrogens (tertiary/aromatic N) is 2. The van der Waals surface area contributed by atoms with Crippen LogP contribution in [0.1, 0.15) is 62.5 Å². The largest absolute Gasteiger partial charge is 0.384 e. The second-order valence-corrected chi connectivity index (χ2v) is 13.6. The lowest BCUT2D eigenvalue weighted by Crippen LogP contribution is -2.45. The summed E-state index contributed by atoms with van der Waals surface area (Å²) in [4.78, 5) is 20.2. The number of hydrogen-bond donors (Lipinski definition) is 2. The Hall–Kier alpha value is -2.49. The predicted octanol–water partition coefficient (Wildman–Crippen LogP) is 3.75. The van der Waals surface area contributed by atoms with Crippen LogP contribution < -0.4 is 10.2 Å². The Morgan fingerprint density at radius 2 is 1.83 bits per heavy atom. The van der Waals surface area contributed by atoms with Gasteiger partial charge in [0.15, 0.2) is 9.84 Å². The molecule has 3 heterocycles. The lowest BCUT2D eigenvalue weighted by Gasteiger charge is -2.38. The van der Waals surface area contributed by atoms with Crippen molar-refractivity contribution >= 4 is 27.2 Å². The molecule has 194 valence electrons. The summed E-state index contributed by atoms with van der Waals surface area (Å²) in [7, 11) is -3.55. The van der Waals surface area contributed by atoms with Crippen molar-refractivity contribution in [1.82, 2.24) is 4.98 Å². The minimum Gasteiger partial charge on any atom is -0.384 e. The average Bonchev–Trinajstić information content (AvgIpc) is 3.56. The third-order valence-corrected chi connectivity index (χ3v) is 9.80. The fourth-order valence-electron chi connectivity index (χ4n) is 5.16. The zero-order valence-corrected chi connectivity index (χ0v) is 22.0. The molecule has 2 aromatic rings. The van der Waals surface area contributed by atoms with Gasteiger partial charge in [0.1, 0.15) is 11.4 Å². The van der Waals surface area contributed by atoms with Gasteiger partial charge in [0.05, 0.1) is 40.8 Å². The highest BCUT2D eigenvalue weighted by molar-refractivity contribution is 7.91. The van der Waals surface area contributed by atoms with Gasteiger partial charge in [-0.2, -0.15) is 0 Å². The van der Waals surface area contributed by atoms with Crippen LogP contribution in [0.4, 0.5) is 11.5 Å². The molecule has 36 heavy (non-hydrogen) atoms. The standard InChI is InChI=1S/C27H35N3O5S/c1-25(2,32)22-5-4-6-23(28-22)29-24(31)20-8-7-19(36(33,34)18-26(3)16-35-17-26)15-21(20)30-13-11-27(9-10-27)12-14-30/h4-8,15,32H,9-14,16-18H2,1-3H3,(H,28,29,31). The first-order valence-corrected chi connectivity index (χ1v) is 14.2. The van der Waals surface area contributed by atoms with Crippen molar-refractivity contribution < 1.29 is 23.1 Å². The van der Waals surface area contributed by atoms with E-state index in [1.54, 1.807) is 44.2 Å². The topological polar surface area (TPSA) is 109 Å². The predicted molar refractivity (Wildman–Crippen MR) is 138 cm³/mol. The number of carbonyl (C=O) groups is 1. The first-order valence-electron chi connectivity index (χ1n) is 12.6. The van der Waals surface area contributed by atoms with Crippen LogP contribution >= 0.6 is 0 Å². The number of aliphatic hydroxyl groups is 1. The number of carbonyl (C=O) groups excluding carboxylic acids is 1. The van der Waals surface area contributed by atoms with Gasteiger partial charge in [-0.3, -0.25) is 4.79 Å². The number of piperidine rings is 1. The monoisotopic (exact) mass is 513 g/mol. The van der Waals surface area contributed by atoms with E-state index in [4.69, 9.17) is 4.74 Å². The molecule has 2 N–H and O–H groups in total. The average molecular weight is 514 g/mol. The van der Waals surface area contributed by atoms with Crippen molar-refractivity contribution in [3.63, 3.8) is 0 Å². The van der Waals surface area contributed by atoms with Gasteiger partial charge in [0.25, 0.3) is 5.91 Å². The molecular formula is C27H35N3O5S. The molecule has 1 spiro atoms. The van der Waals surface area contributed by atoms with E-state index in [-0.39, 0.29) is 22.0 Å². The van der Waals surface area contributed by atoms with Crippen molar-refractivity contribution in [2.45, 2.75) is 57.0 Å². The Morgan fingerprint density at radius 3 is 2.42 bits per heavy atom. The summed E-state index contributed by atoms with van der Waals surface area (Å²) in [5.41, 5.74) is 0.420. The number of nitrogens with one attached hydrogen (secondary N) is 1. The molecule has 5 rings (SSSR count). The van der Waals surface area contributed by atoms with Crippen molar-refractivity contribution in [3.8, 4) is 0 Å². The number of amides is 1. The van der Waals surface area contributed by atoms with Gasteiger partial charge in [-0.25, -0.2) is 13.4 Å². The Labute approximate surface area is 213 Å². The van der Waals surface area contributed by atoms with Gasteiger partial charge in [0.2, 0.25) is 0 Å². The van der Waals surface area contributed by atoms with Crippen LogP contribution in [0, 0.1) is 10.8 Å². The summed E-state index contributed by atoms with van der Waals surface area (Å²) >= 11 is 0. The maximum Gasteiger partial charge on any atom is 0.258 e. The number of anilines is 2. The summed E-state index contributed by atoms with van der Waals surface area (Å²) in [6, 6.07) is 9.92. The highest BCUT2D eigenvalue weighted by Crippen LogP contribution is 2.54. The summed E-state index contributed by atoms with van der Waals surface area (Å²) in [6.07, 6.45) is 4.62. The Kier molecular flexibility index (Phi) is 6.16. The first-order chi connectivity index (χ1) is 16.9. The van der Waals surface area contributed by atoms with Crippen LogP contribution in [0.3, 0.4) is 0 Å². The quantitative estimate of drug-likeness (QED) is 0.580. The van der Waals surface area contributed by atoms with Crippen molar-refractivity contribution in [1.29, 1.82) is 0 Å². The fourth-order valence-corrected chi connectivity index (χ4v) is 6.98. The van der Waals surface area contributed by atoms with Crippen molar-refractivity contribution in [3.05, 3.63) is 47.7 Å². The van der Waals surface area contributed by atoms with E-state index in [2.05, 4.69) is 15.2 Å². The van der Waals surface area contributed by atoms with Crippen LogP contribution in [0.25, 0.3) is 0 Å². The van der Waals surface area contributed by atoms with Gasteiger partial charge >= 0.3 is 0 Å². The molecule has 0 radical (unpaired) electrons. The van der Waals surface area contributed by atoms with Gasteiger partial charge in [-0.05, 0) is 75.3 Å². The second kappa shape index (κ2) is 8.82. The molecule has 0 unspecified atom stereocenters. The molecule has 1 aromatic carbocycles. The maximum atomic E-state index is 13.4. The molecule has 8 nitrogen and oxygen atoms in total. The van der Waals surface area contributed by atoms with E-state index in [0.29, 0.717) is 41.4 Å². The number of rotatable bonds is 7. The Bertz CT molecular complexity index is 1270. The maximum absolute atomic E-state index is 13.4. The highest BCUT2D eigenvalue weighted by Gasteiger charge is 2.45. The van der Waals surface area contributed by atoms with Crippen LogP contribution in [0.2, 0.25) is 0 Å². The lowest BCUT2D eigenvalue weighted by atomic mass is 9.92. The number of ether oxygens (including phenoxy) is 1. The van der Waals surface area contributed by atoms with Crippen LogP contribution in [-0.4, -0.2) is 56.5 Å². The van der Waals surface area contributed by atoms with E-state index in [1.165, 1.54) is 18.9 Å². The van der Waals surface area contributed by atoms with Crippen molar-refractivity contribution in [2.24, 2.45) is 10.8 Å². The molecule has 1 saturated carbocycles. The molecule has 1 aliphatic carbocycles. The number of hydrogen-bond acceptors (Lipinski definition) is 7. The number of benzene rings is 1. The lowest BCUT2D eigenvalue weighted by molar-refractivity contribution is -0.0870. The van der Waals surface area contributed by atoms with E-state index in [1.807, 2.05) is 6.92 Å². The van der Waals surface area contributed by atoms with E-state index in [0.717, 1.165) is 25.9 Å². The molecule has 0 bridgehead atoms. The summed E-state index contributed by atoms with van der Waals surface area (Å²) in [6.45, 7) is 7.65. The number of sulfone groups is 1. The normalized spacial score (nSPS) is 20.6. The fraction of sp³-hybridized carbons (Fsp3) is 0.556. The zero-order valence-electron chi connectivity index (χ0n) is 21.2.